The van der Waals surface area contributed by atoms with Crippen LogP contribution < -0.4 is 10.5 Å². The van der Waals surface area contributed by atoms with Crippen LogP contribution in [0.3, 0.4) is 0 Å². The van der Waals surface area contributed by atoms with Crippen molar-refractivity contribution in [1.82, 2.24) is 15.0 Å². The van der Waals surface area contributed by atoms with Gasteiger partial charge in [0.15, 0.2) is 5.82 Å². The number of nitrogens with two attached hydrogens (primary N) is 1. The van der Waals surface area contributed by atoms with E-state index in [1.807, 2.05) is 6.92 Å². The van der Waals surface area contributed by atoms with Gasteiger partial charge in [0.1, 0.15) is 17.3 Å². The van der Waals surface area contributed by atoms with Crippen LogP contribution in [0.4, 0.5) is 10.2 Å². The number of nitrogens with zero attached hydrogens (tertiary/aromatic N) is 3. The van der Waals surface area contributed by atoms with Gasteiger partial charge in [0.25, 0.3) is 0 Å². The maximum atomic E-state index is 13.8. The van der Waals surface area contributed by atoms with Crippen LogP contribution in [-0.4, -0.2) is 22.1 Å². The lowest BCUT2D eigenvalue weighted by Crippen LogP contribution is -2.06. The van der Waals surface area contributed by atoms with Crippen molar-refractivity contribution < 1.29 is 9.13 Å². The Labute approximate surface area is 104 Å². The average molecular weight is 250 g/mol. The molecule has 18 heavy (non-hydrogen) atoms. The predicted octanol–water partition coefficient (Wildman–Crippen LogP) is 1.95. The molecule has 0 aliphatic heterocycles. The van der Waals surface area contributed by atoms with Crippen molar-refractivity contribution in [1.29, 1.82) is 0 Å². The summed E-state index contributed by atoms with van der Waals surface area (Å²) in [6.45, 7) is 2.01. The van der Waals surface area contributed by atoms with Gasteiger partial charge in [-0.2, -0.15) is 0 Å². The molecule has 0 aliphatic rings. The number of benzene rings is 1. The molecule has 0 spiro atoms. The van der Waals surface area contributed by atoms with Gasteiger partial charge in [0.2, 0.25) is 0 Å². The van der Waals surface area contributed by atoms with Crippen LogP contribution >= 0.6 is 0 Å². The van der Waals surface area contributed by atoms with Crippen LogP contribution in [-0.2, 0) is 6.42 Å². The van der Waals surface area contributed by atoms with E-state index in [1.165, 1.54) is 17.9 Å². The first-order valence-corrected chi connectivity index (χ1v) is 5.71. The SMILES string of the molecule is CCCc1c(N)nnn1-c1cc(OC)ccc1F. The van der Waals surface area contributed by atoms with Gasteiger partial charge in [0.05, 0.1) is 12.8 Å². The Kier molecular flexibility index (Phi) is 3.45. The summed E-state index contributed by atoms with van der Waals surface area (Å²) in [5.74, 6) is 0.500. The molecule has 0 saturated heterocycles. The van der Waals surface area contributed by atoms with Crippen LogP contribution in [0.2, 0.25) is 0 Å². The van der Waals surface area contributed by atoms with Crippen molar-refractivity contribution in [3.8, 4) is 11.4 Å². The minimum atomic E-state index is -0.391. The lowest BCUT2D eigenvalue weighted by atomic mass is 10.2. The van der Waals surface area contributed by atoms with Gasteiger partial charge in [-0.25, -0.2) is 9.07 Å². The number of hydrogen-bond donors (Lipinski definition) is 1. The topological polar surface area (TPSA) is 66.0 Å². The molecule has 96 valence electrons. The molecule has 0 fully saturated rings. The second kappa shape index (κ2) is 5.03. The molecule has 2 rings (SSSR count). The summed E-state index contributed by atoms with van der Waals surface area (Å²) in [5.41, 5.74) is 6.74. The fraction of sp³-hybridized carbons (Fsp3) is 0.333. The molecule has 6 heteroatoms. The Hall–Kier alpha value is -2.11. The maximum absolute atomic E-state index is 13.8. The van der Waals surface area contributed by atoms with Crippen LogP contribution in [0.25, 0.3) is 5.69 Å². The molecular formula is C12H15FN4O. The molecule has 1 aromatic carbocycles. The second-order valence-corrected chi connectivity index (χ2v) is 3.90. The van der Waals surface area contributed by atoms with E-state index in [2.05, 4.69) is 10.3 Å². The quantitative estimate of drug-likeness (QED) is 0.900. The minimum Gasteiger partial charge on any atom is -0.497 e. The number of halogens is 1. The molecule has 0 amide bonds. The molecule has 1 aromatic heterocycles. The zero-order valence-electron chi connectivity index (χ0n) is 10.4. The molecule has 0 saturated carbocycles. The smallest absolute Gasteiger partial charge is 0.169 e. The van der Waals surface area contributed by atoms with Gasteiger partial charge in [-0.3, -0.25) is 0 Å². The number of aromatic nitrogens is 3. The van der Waals surface area contributed by atoms with Crippen molar-refractivity contribution in [2.75, 3.05) is 12.8 Å². The first-order chi connectivity index (χ1) is 8.67. The van der Waals surface area contributed by atoms with Crippen LogP contribution in [0.15, 0.2) is 18.2 Å². The molecule has 2 aromatic rings. The highest BCUT2D eigenvalue weighted by Gasteiger charge is 2.15. The van der Waals surface area contributed by atoms with Crippen molar-refractivity contribution in [3.05, 3.63) is 29.7 Å². The fourth-order valence-corrected chi connectivity index (χ4v) is 1.76. The Bertz CT molecular complexity index is 553. The zero-order chi connectivity index (χ0) is 13.1. The van der Waals surface area contributed by atoms with Crippen molar-refractivity contribution in [2.45, 2.75) is 19.8 Å². The summed E-state index contributed by atoms with van der Waals surface area (Å²) in [7, 11) is 1.53. The third kappa shape index (κ3) is 2.13. The van der Waals surface area contributed by atoms with E-state index >= 15 is 0 Å². The molecule has 0 bridgehead atoms. The maximum Gasteiger partial charge on any atom is 0.169 e. The van der Waals surface area contributed by atoms with Crippen molar-refractivity contribution in [2.24, 2.45) is 0 Å². The molecule has 5 nitrogen and oxygen atoms in total. The molecule has 0 radical (unpaired) electrons. The number of methoxy groups -OCH3 is 1. The third-order valence-corrected chi connectivity index (χ3v) is 2.66. The molecule has 1 heterocycles. The summed E-state index contributed by atoms with van der Waals surface area (Å²) in [5, 5.41) is 7.68. The Morgan fingerprint density at radius 3 is 2.89 bits per heavy atom. The van der Waals surface area contributed by atoms with Gasteiger partial charge < -0.3 is 10.5 Å². The van der Waals surface area contributed by atoms with Gasteiger partial charge in [-0.05, 0) is 18.6 Å². The standard InChI is InChI=1S/C12H15FN4O/c1-3-4-10-12(14)15-16-17(10)11-7-8(18-2)5-6-9(11)13/h5-7H,3-4,14H2,1-2H3. The Morgan fingerprint density at radius 2 is 2.22 bits per heavy atom. The number of ether oxygens (including phenoxy) is 1. The molecule has 0 aliphatic carbocycles. The Balaban J connectivity index is 2.54. The van der Waals surface area contributed by atoms with Gasteiger partial charge in [-0.1, -0.05) is 18.6 Å². The number of hydrogen-bond acceptors (Lipinski definition) is 4. The zero-order valence-corrected chi connectivity index (χ0v) is 10.4. The monoisotopic (exact) mass is 250 g/mol. The summed E-state index contributed by atoms with van der Waals surface area (Å²) in [6, 6.07) is 4.46. The normalized spacial score (nSPS) is 10.6. The highest BCUT2D eigenvalue weighted by molar-refractivity contribution is 5.45. The predicted molar refractivity (Wildman–Crippen MR) is 66.3 cm³/mol. The highest BCUT2D eigenvalue weighted by atomic mass is 19.1. The van der Waals surface area contributed by atoms with E-state index < -0.39 is 5.82 Å². The summed E-state index contributed by atoms with van der Waals surface area (Å²) in [6.07, 6.45) is 1.57. The fourth-order valence-electron chi connectivity index (χ4n) is 1.76. The first kappa shape index (κ1) is 12.3. The van der Waals surface area contributed by atoms with Crippen LogP contribution in [0.5, 0.6) is 5.75 Å². The van der Waals surface area contributed by atoms with Gasteiger partial charge >= 0.3 is 0 Å². The van der Waals surface area contributed by atoms with E-state index in [-0.39, 0.29) is 0 Å². The second-order valence-electron chi connectivity index (χ2n) is 3.90. The van der Waals surface area contributed by atoms with Crippen molar-refractivity contribution >= 4 is 5.82 Å². The number of nitrogen functional groups attached to an aromatic ring is 1. The van der Waals surface area contributed by atoms with Gasteiger partial charge in [0, 0.05) is 6.07 Å². The lowest BCUT2D eigenvalue weighted by molar-refractivity contribution is 0.413. The largest absolute Gasteiger partial charge is 0.497 e. The Morgan fingerprint density at radius 1 is 1.44 bits per heavy atom. The summed E-state index contributed by atoms with van der Waals surface area (Å²) >= 11 is 0. The third-order valence-electron chi connectivity index (χ3n) is 2.66. The molecule has 2 N–H and O–H groups in total. The highest BCUT2D eigenvalue weighted by Crippen LogP contribution is 2.23. The molecular weight excluding hydrogens is 235 g/mol. The summed E-state index contributed by atoms with van der Waals surface area (Å²) < 4.78 is 20.3. The van der Waals surface area contributed by atoms with E-state index in [1.54, 1.807) is 12.1 Å². The number of rotatable bonds is 4. The van der Waals surface area contributed by atoms with E-state index in [9.17, 15) is 4.39 Å². The molecule has 0 unspecified atom stereocenters. The number of anilines is 1. The molecule has 0 atom stereocenters. The van der Waals surface area contributed by atoms with E-state index in [0.717, 1.165) is 6.42 Å². The van der Waals surface area contributed by atoms with Gasteiger partial charge in [-0.15, -0.1) is 5.10 Å². The lowest BCUT2D eigenvalue weighted by Gasteiger charge is -2.08. The first-order valence-electron chi connectivity index (χ1n) is 5.71. The minimum absolute atomic E-state index is 0.294. The van der Waals surface area contributed by atoms with Crippen LogP contribution in [0, 0.1) is 5.82 Å². The van der Waals surface area contributed by atoms with E-state index in [0.29, 0.717) is 29.4 Å². The average Bonchev–Trinajstić information content (AvgIpc) is 2.73. The van der Waals surface area contributed by atoms with Crippen LogP contribution in [0.1, 0.15) is 19.0 Å². The summed E-state index contributed by atoms with van der Waals surface area (Å²) in [4.78, 5) is 0. The van der Waals surface area contributed by atoms with Crippen molar-refractivity contribution in [3.63, 3.8) is 0 Å². The van der Waals surface area contributed by atoms with E-state index in [4.69, 9.17) is 10.5 Å².